The molecule has 2 rings (SSSR count). The van der Waals surface area contributed by atoms with Crippen LogP contribution in [0.15, 0.2) is 16.7 Å². The fraction of sp³-hybridized carbons (Fsp3) is 0.500. The van der Waals surface area contributed by atoms with Crippen LogP contribution in [-0.2, 0) is 0 Å². The lowest BCUT2D eigenvalue weighted by Crippen LogP contribution is -2.32. The minimum atomic E-state index is -0.243. The molecular formula is C12H17ClN4OS. The molecule has 0 aliphatic heterocycles. The van der Waals surface area contributed by atoms with Crippen LogP contribution < -0.4 is 5.73 Å². The van der Waals surface area contributed by atoms with Gasteiger partial charge in [-0.15, -0.1) is 11.3 Å². The number of nitrogens with two attached hydrogens (primary N) is 1. The van der Waals surface area contributed by atoms with Crippen molar-refractivity contribution in [3.05, 3.63) is 22.3 Å². The quantitative estimate of drug-likeness (QED) is 0.888. The molecule has 0 bridgehead atoms. The van der Waals surface area contributed by atoms with Gasteiger partial charge < -0.3 is 15.2 Å². The third-order valence-electron chi connectivity index (χ3n) is 2.91. The van der Waals surface area contributed by atoms with E-state index in [9.17, 15) is 0 Å². The van der Waals surface area contributed by atoms with Gasteiger partial charge in [0.05, 0.1) is 15.3 Å². The number of rotatable bonds is 6. The summed E-state index contributed by atoms with van der Waals surface area (Å²) < 4.78 is 5.92. The topological polar surface area (TPSA) is 68.2 Å². The van der Waals surface area contributed by atoms with E-state index in [0.29, 0.717) is 16.1 Å². The number of nitrogens with zero attached hydrogens (tertiary/aromatic N) is 3. The molecule has 0 radical (unpaired) electrons. The summed E-state index contributed by atoms with van der Waals surface area (Å²) in [6, 6.07) is 3.43. The van der Waals surface area contributed by atoms with Crippen molar-refractivity contribution in [2.75, 3.05) is 19.6 Å². The van der Waals surface area contributed by atoms with Gasteiger partial charge in [0, 0.05) is 6.54 Å². The van der Waals surface area contributed by atoms with Crippen LogP contribution >= 0.6 is 22.9 Å². The predicted octanol–water partition coefficient (Wildman–Crippen LogP) is 2.79. The molecule has 1 unspecified atom stereocenters. The van der Waals surface area contributed by atoms with Crippen molar-refractivity contribution in [2.24, 2.45) is 5.73 Å². The summed E-state index contributed by atoms with van der Waals surface area (Å²) in [4.78, 5) is 7.42. The molecule has 104 valence electrons. The number of aromatic nitrogens is 2. The summed E-state index contributed by atoms with van der Waals surface area (Å²) in [5.74, 6) is 1.01. The lowest BCUT2D eigenvalue weighted by Gasteiger charge is -2.20. The standard InChI is InChI=1S/C12H17ClN4OS/c1-3-17(4-2)7-8(14)11-15-12(18-16-11)9-5-6-10(13)19-9/h5-6,8H,3-4,7,14H2,1-2H3. The summed E-state index contributed by atoms with van der Waals surface area (Å²) in [5.41, 5.74) is 6.09. The van der Waals surface area contributed by atoms with Gasteiger partial charge in [0.1, 0.15) is 0 Å². The van der Waals surface area contributed by atoms with E-state index in [1.54, 1.807) is 6.07 Å². The normalized spacial score (nSPS) is 13.1. The zero-order chi connectivity index (χ0) is 13.8. The highest BCUT2D eigenvalue weighted by molar-refractivity contribution is 7.19. The van der Waals surface area contributed by atoms with Gasteiger partial charge in [0.15, 0.2) is 5.82 Å². The monoisotopic (exact) mass is 300 g/mol. The summed E-state index contributed by atoms with van der Waals surface area (Å²) in [7, 11) is 0. The van der Waals surface area contributed by atoms with Gasteiger partial charge in [-0.25, -0.2) is 0 Å². The summed E-state index contributed by atoms with van der Waals surface area (Å²) >= 11 is 7.29. The average Bonchev–Trinajstić information content (AvgIpc) is 3.04. The molecule has 2 N–H and O–H groups in total. The molecule has 2 heterocycles. The Morgan fingerprint density at radius 3 is 2.74 bits per heavy atom. The first kappa shape index (κ1) is 14.5. The van der Waals surface area contributed by atoms with Crippen molar-refractivity contribution in [2.45, 2.75) is 19.9 Å². The lowest BCUT2D eigenvalue weighted by molar-refractivity contribution is 0.278. The maximum Gasteiger partial charge on any atom is 0.268 e. The summed E-state index contributed by atoms with van der Waals surface area (Å²) in [6.45, 7) is 6.83. The van der Waals surface area contributed by atoms with E-state index < -0.39 is 0 Å². The largest absolute Gasteiger partial charge is 0.333 e. The van der Waals surface area contributed by atoms with E-state index >= 15 is 0 Å². The highest BCUT2D eigenvalue weighted by Gasteiger charge is 2.18. The minimum absolute atomic E-state index is 0.243. The Hall–Kier alpha value is -0.950. The Kier molecular flexibility index (Phi) is 4.93. The molecule has 0 aliphatic rings. The maximum atomic E-state index is 6.09. The van der Waals surface area contributed by atoms with Crippen molar-refractivity contribution < 1.29 is 4.52 Å². The molecule has 19 heavy (non-hydrogen) atoms. The minimum Gasteiger partial charge on any atom is -0.333 e. The molecule has 0 saturated heterocycles. The van der Waals surface area contributed by atoms with Crippen LogP contribution in [0.4, 0.5) is 0 Å². The van der Waals surface area contributed by atoms with Crippen LogP contribution in [0.1, 0.15) is 25.7 Å². The molecule has 1 atom stereocenters. The summed E-state index contributed by atoms with van der Waals surface area (Å²) in [6.07, 6.45) is 0. The van der Waals surface area contributed by atoms with E-state index in [0.717, 1.165) is 24.5 Å². The summed E-state index contributed by atoms with van der Waals surface area (Å²) in [5, 5.41) is 3.95. The molecule has 0 aromatic carbocycles. The molecule has 7 heteroatoms. The molecular weight excluding hydrogens is 284 g/mol. The average molecular weight is 301 g/mol. The van der Waals surface area contributed by atoms with E-state index in [4.69, 9.17) is 21.9 Å². The molecule has 2 aromatic heterocycles. The van der Waals surface area contributed by atoms with Crippen LogP contribution in [0.5, 0.6) is 0 Å². The second-order valence-electron chi connectivity index (χ2n) is 4.15. The predicted molar refractivity (Wildman–Crippen MR) is 77.3 cm³/mol. The third-order valence-corrected chi connectivity index (χ3v) is 4.13. The SMILES string of the molecule is CCN(CC)CC(N)c1noc(-c2ccc(Cl)s2)n1. The van der Waals surface area contributed by atoms with E-state index in [-0.39, 0.29) is 6.04 Å². The Morgan fingerprint density at radius 2 is 2.16 bits per heavy atom. The molecule has 0 fully saturated rings. The number of thiophene rings is 1. The van der Waals surface area contributed by atoms with Gasteiger partial charge >= 0.3 is 0 Å². The second-order valence-corrected chi connectivity index (χ2v) is 5.87. The molecule has 5 nitrogen and oxygen atoms in total. The Morgan fingerprint density at radius 1 is 1.42 bits per heavy atom. The first-order chi connectivity index (χ1) is 9.13. The fourth-order valence-corrected chi connectivity index (χ4v) is 2.72. The van der Waals surface area contributed by atoms with Crippen molar-refractivity contribution >= 4 is 22.9 Å². The molecule has 0 amide bonds. The van der Waals surface area contributed by atoms with Gasteiger partial charge in [-0.1, -0.05) is 30.6 Å². The molecule has 2 aromatic rings. The Labute approximate surface area is 121 Å². The number of likely N-dealkylation sites (N-methyl/N-ethyl adjacent to an activating group) is 1. The fourth-order valence-electron chi connectivity index (χ4n) is 1.76. The zero-order valence-electron chi connectivity index (χ0n) is 11.0. The van der Waals surface area contributed by atoms with E-state index in [1.807, 2.05) is 6.07 Å². The van der Waals surface area contributed by atoms with Crippen LogP contribution in [-0.4, -0.2) is 34.7 Å². The highest BCUT2D eigenvalue weighted by Crippen LogP contribution is 2.30. The van der Waals surface area contributed by atoms with Crippen molar-refractivity contribution in [1.29, 1.82) is 0 Å². The van der Waals surface area contributed by atoms with Crippen molar-refractivity contribution in [3.63, 3.8) is 0 Å². The van der Waals surface area contributed by atoms with Crippen LogP contribution in [0, 0.1) is 0 Å². The first-order valence-electron chi connectivity index (χ1n) is 6.21. The molecule has 0 aliphatic carbocycles. The highest BCUT2D eigenvalue weighted by atomic mass is 35.5. The van der Waals surface area contributed by atoms with Gasteiger partial charge in [-0.2, -0.15) is 4.98 Å². The second kappa shape index (κ2) is 6.47. The maximum absolute atomic E-state index is 6.09. The lowest BCUT2D eigenvalue weighted by atomic mass is 10.2. The van der Waals surface area contributed by atoms with Crippen molar-refractivity contribution in [1.82, 2.24) is 15.0 Å². The third kappa shape index (κ3) is 3.54. The van der Waals surface area contributed by atoms with Gasteiger partial charge in [-0.05, 0) is 25.2 Å². The van der Waals surface area contributed by atoms with Gasteiger partial charge in [-0.3, -0.25) is 0 Å². The Bertz CT molecular complexity index is 523. The van der Waals surface area contributed by atoms with E-state index in [1.165, 1.54) is 11.3 Å². The number of hydrogen-bond acceptors (Lipinski definition) is 6. The number of halogens is 1. The van der Waals surface area contributed by atoms with Gasteiger partial charge in [0.2, 0.25) is 0 Å². The van der Waals surface area contributed by atoms with Crippen molar-refractivity contribution in [3.8, 4) is 10.8 Å². The number of hydrogen-bond donors (Lipinski definition) is 1. The smallest absolute Gasteiger partial charge is 0.268 e. The van der Waals surface area contributed by atoms with Crippen LogP contribution in [0.25, 0.3) is 10.8 Å². The molecule has 0 saturated carbocycles. The zero-order valence-corrected chi connectivity index (χ0v) is 12.5. The van der Waals surface area contributed by atoms with Gasteiger partial charge in [0.25, 0.3) is 5.89 Å². The first-order valence-corrected chi connectivity index (χ1v) is 7.40. The molecule has 0 spiro atoms. The van der Waals surface area contributed by atoms with E-state index in [2.05, 4.69) is 28.9 Å². The Balaban J connectivity index is 2.08. The van der Waals surface area contributed by atoms with Crippen LogP contribution in [0.2, 0.25) is 4.34 Å². The van der Waals surface area contributed by atoms with Crippen LogP contribution in [0.3, 0.4) is 0 Å².